The summed E-state index contributed by atoms with van der Waals surface area (Å²) >= 11 is 3.46. The molecule has 2 aromatic rings. The van der Waals surface area contributed by atoms with Crippen LogP contribution in [0.15, 0.2) is 64.2 Å². The van der Waals surface area contributed by atoms with Crippen molar-refractivity contribution in [1.82, 2.24) is 10.3 Å². The van der Waals surface area contributed by atoms with Crippen LogP contribution in [0.5, 0.6) is 0 Å². The molecule has 0 saturated carbocycles. The van der Waals surface area contributed by atoms with E-state index in [4.69, 9.17) is 0 Å². The highest BCUT2D eigenvalue weighted by atomic mass is 79.9. The van der Waals surface area contributed by atoms with Crippen molar-refractivity contribution in [3.05, 3.63) is 70.2 Å². The normalized spacial score (nSPS) is 16.2. The molecule has 0 bridgehead atoms. The molecule has 0 aliphatic carbocycles. The lowest BCUT2D eigenvalue weighted by Crippen LogP contribution is -2.39. The van der Waals surface area contributed by atoms with Crippen LogP contribution >= 0.6 is 15.9 Å². The molecule has 1 saturated heterocycles. The highest BCUT2D eigenvalue weighted by Crippen LogP contribution is 2.20. The van der Waals surface area contributed by atoms with Gasteiger partial charge in [0.25, 0.3) is 0 Å². The van der Waals surface area contributed by atoms with E-state index in [0.717, 1.165) is 42.5 Å². The molecule has 0 spiro atoms. The molecule has 3 rings (SSSR count). The maximum Gasteiger partial charge on any atom is 0.243 e. The van der Waals surface area contributed by atoms with E-state index in [9.17, 15) is 4.79 Å². The third-order valence-corrected chi connectivity index (χ3v) is 4.99. The number of benzene rings is 2. The van der Waals surface area contributed by atoms with Crippen molar-refractivity contribution in [2.75, 3.05) is 13.1 Å². The average molecular weight is 400 g/mol. The summed E-state index contributed by atoms with van der Waals surface area (Å²) in [6, 6.07) is 18.2. The standard InChI is InChI=1S/C20H22BrN3O/c21-19-8-6-17(7-9-19)15-24-12-10-18(11-13-24)20(25)23-22-14-16-4-2-1-3-5-16/h1-9,14,18H,10-13,15H2,(H,23,25). The maximum atomic E-state index is 12.2. The third kappa shape index (κ3) is 5.51. The zero-order valence-electron chi connectivity index (χ0n) is 14.1. The third-order valence-electron chi connectivity index (χ3n) is 4.47. The fourth-order valence-corrected chi connectivity index (χ4v) is 3.27. The Balaban J connectivity index is 1.43. The minimum absolute atomic E-state index is 0.0236. The average Bonchev–Trinajstić information content (AvgIpc) is 2.65. The molecule has 1 N–H and O–H groups in total. The first-order valence-electron chi connectivity index (χ1n) is 8.55. The van der Waals surface area contributed by atoms with Gasteiger partial charge in [0.2, 0.25) is 5.91 Å². The lowest BCUT2D eigenvalue weighted by molar-refractivity contribution is -0.126. The van der Waals surface area contributed by atoms with Gasteiger partial charge in [-0.15, -0.1) is 0 Å². The Morgan fingerprint density at radius 1 is 1.12 bits per heavy atom. The molecular weight excluding hydrogens is 378 g/mol. The number of piperidine rings is 1. The van der Waals surface area contributed by atoms with E-state index in [1.54, 1.807) is 6.21 Å². The number of carbonyl (C=O) groups excluding carboxylic acids is 1. The molecule has 130 valence electrons. The highest BCUT2D eigenvalue weighted by molar-refractivity contribution is 9.10. The predicted octanol–water partition coefficient (Wildman–Crippen LogP) is 3.81. The smallest absolute Gasteiger partial charge is 0.243 e. The second kappa shape index (κ2) is 8.92. The van der Waals surface area contributed by atoms with Gasteiger partial charge < -0.3 is 0 Å². The lowest BCUT2D eigenvalue weighted by Gasteiger charge is -2.30. The molecule has 4 nitrogen and oxygen atoms in total. The Morgan fingerprint density at radius 2 is 1.80 bits per heavy atom. The van der Waals surface area contributed by atoms with Crippen LogP contribution in [0.1, 0.15) is 24.0 Å². The Kier molecular flexibility index (Phi) is 6.36. The summed E-state index contributed by atoms with van der Waals surface area (Å²) in [5.41, 5.74) is 4.96. The van der Waals surface area contributed by atoms with Crippen molar-refractivity contribution >= 4 is 28.1 Å². The highest BCUT2D eigenvalue weighted by Gasteiger charge is 2.24. The molecule has 0 aromatic heterocycles. The second-order valence-corrected chi connectivity index (χ2v) is 7.24. The lowest BCUT2D eigenvalue weighted by atomic mass is 9.96. The molecule has 25 heavy (non-hydrogen) atoms. The molecule has 0 atom stereocenters. The Bertz CT molecular complexity index is 707. The summed E-state index contributed by atoms with van der Waals surface area (Å²) in [7, 11) is 0. The van der Waals surface area contributed by atoms with Crippen LogP contribution < -0.4 is 5.43 Å². The van der Waals surface area contributed by atoms with Gasteiger partial charge in [0.15, 0.2) is 0 Å². The molecular formula is C20H22BrN3O. The van der Waals surface area contributed by atoms with E-state index < -0.39 is 0 Å². The first-order chi connectivity index (χ1) is 12.2. The van der Waals surface area contributed by atoms with E-state index in [1.165, 1.54) is 5.56 Å². The monoisotopic (exact) mass is 399 g/mol. The first kappa shape index (κ1) is 17.8. The Morgan fingerprint density at radius 3 is 2.48 bits per heavy atom. The SMILES string of the molecule is O=C(NN=Cc1ccccc1)C1CCN(Cc2ccc(Br)cc2)CC1. The summed E-state index contributed by atoms with van der Waals surface area (Å²) < 4.78 is 1.10. The number of hydrogen-bond donors (Lipinski definition) is 1. The fourth-order valence-electron chi connectivity index (χ4n) is 3.00. The van der Waals surface area contributed by atoms with Crippen LogP contribution in [0.4, 0.5) is 0 Å². The number of nitrogens with zero attached hydrogens (tertiary/aromatic N) is 2. The number of rotatable bonds is 5. The van der Waals surface area contributed by atoms with Gasteiger partial charge in [0.05, 0.1) is 6.21 Å². The summed E-state index contributed by atoms with van der Waals surface area (Å²) in [5.74, 6) is 0.0737. The van der Waals surface area contributed by atoms with Gasteiger partial charge in [0, 0.05) is 16.9 Å². The number of nitrogens with one attached hydrogen (secondary N) is 1. The number of hydrogen-bond acceptors (Lipinski definition) is 3. The first-order valence-corrected chi connectivity index (χ1v) is 9.35. The van der Waals surface area contributed by atoms with Crippen LogP contribution in [-0.2, 0) is 11.3 Å². The zero-order chi connectivity index (χ0) is 17.5. The molecule has 1 aliphatic heterocycles. The van der Waals surface area contributed by atoms with Gasteiger partial charge in [-0.05, 0) is 49.2 Å². The summed E-state index contributed by atoms with van der Waals surface area (Å²) in [6.45, 7) is 2.82. The minimum Gasteiger partial charge on any atom is -0.299 e. The van der Waals surface area contributed by atoms with E-state index in [2.05, 4.69) is 55.6 Å². The largest absolute Gasteiger partial charge is 0.299 e. The molecule has 5 heteroatoms. The van der Waals surface area contributed by atoms with Crippen LogP contribution in [-0.4, -0.2) is 30.1 Å². The fraction of sp³-hybridized carbons (Fsp3) is 0.300. The quantitative estimate of drug-likeness (QED) is 0.613. The van der Waals surface area contributed by atoms with Crippen molar-refractivity contribution in [2.24, 2.45) is 11.0 Å². The van der Waals surface area contributed by atoms with Crippen LogP contribution in [0.25, 0.3) is 0 Å². The minimum atomic E-state index is 0.0236. The Labute approximate surface area is 157 Å². The van der Waals surface area contributed by atoms with Gasteiger partial charge in [-0.25, -0.2) is 5.43 Å². The number of amides is 1. The molecule has 2 aromatic carbocycles. The van der Waals surface area contributed by atoms with E-state index in [0.29, 0.717) is 0 Å². The number of likely N-dealkylation sites (tertiary alicyclic amines) is 1. The van der Waals surface area contributed by atoms with Crippen molar-refractivity contribution in [1.29, 1.82) is 0 Å². The molecule has 1 heterocycles. The molecule has 1 aliphatic rings. The number of carbonyl (C=O) groups is 1. The van der Waals surface area contributed by atoms with Crippen LogP contribution in [0, 0.1) is 5.92 Å². The molecule has 0 unspecified atom stereocenters. The molecule has 1 amide bonds. The zero-order valence-corrected chi connectivity index (χ0v) is 15.7. The van der Waals surface area contributed by atoms with Crippen molar-refractivity contribution in [3.8, 4) is 0 Å². The van der Waals surface area contributed by atoms with Crippen molar-refractivity contribution in [3.63, 3.8) is 0 Å². The number of hydrazone groups is 1. The van der Waals surface area contributed by atoms with E-state index in [1.807, 2.05) is 30.3 Å². The van der Waals surface area contributed by atoms with Crippen LogP contribution in [0.3, 0.4) is 0 Å². The summed E-state index contributed by atoms with van der Waals surface area (Å²) in [5, 5.41) is 4.07. The van der Waals surface area contributed by atoms with Gasteiger partial charge in [0.1, 0.15) is 0 Å². The topological polar surface area (TPSA) is 44.7 Å². The Hall–Kier alpha value is -1.98. The second-order valence-electron chi connectivity index (χ2n) is 6.32. The van der Waals surface area contributed by atoms with Gasteiger partial charge in [-0.3, -0.25) is 9.69 Å². The predicted molar refractivity (Wildman–Crippen MR) is 104 cm³/mol. The maximum absolute atomic E-state index is 12.2. The van der Waals surface area contributed by atoms with E-state index in [-0.39, 0.29) is 11.8 Å². The molecule has 0 radical (unpaired) electrons. The van der Waals surface area contributed by atoms with Crippen molar-refractivity contribution in [2.45, 2.75) is 19.4 Å². The van der Waals surface area contributed by atoms with Crippen LogP contribution in [0.2, 0.25) is 0 Å². The number of halogens is 1. The molecule has 1 fully saturated rings. The summed E-state index contributed by atoms with van der Waals surface area (Å²) in [6.07, 6.45) is 3.44. The van der Waals surface area contributed by atoms with E-state index >= 15 is 0 Å². The summed E-state index contributed by atoms with van der Waals surface area (Å²) in [4.78, 5) is 14.6. The van der Waals surface area contributed by atoms with Gasteiger partial charge in [-0.1, -0.05) is 58.4 Å². The van der Waals surface area contributed by atoms with Gasteiger partial charge in [-0.2, -0.15) is 5.10 Å². The van der Waals surface area contributed by atoms with Gasteiger partial charge >= 0.3 is 0 Å². The van der Waals surface area contributed by atoms with Crippen molar-refractivity contribution < 1.29 is 4.79 Å².